The van der Waals surface area contributed by atoms with Crippen LogP contribution in [0.5, 0.6) is 0 Å². The highest BCUT2D eigenvalue weighted by molar-refractivity contribution is 5.81. The molecular weight excluding hydrogens is 416 g/mol. The van der Waals surface area contributed by atoms with Crippen LogP contribution in [0, 0.1) is 6.92 Å². The second-order valence-electron chi connectivity index (χ2n) is 8.57. The molecule has 3 heterocycles. The van der Waals surface area contributed by atoms with Gasteiger partial charge in [0.1, 0.15) is 11.6 Å². The van der Waals surface area contributed by atoms with Crippen LogP contribution in [-0.4, -0.2) is 43.2 Å². The van der Waals surface area contributed by atoms with Crippen LogP contribution in [-0.2, 0) is 7.05 Å². The van der Waals surface area contributed by atoms with Gasteiger partial charge in [-0.3, -0.25) is 14.1 Å². The molecule has 1 aromatic carbocycles. The third-order valence-electron chi connectivity index (χ3n) is 6.27. The maximum atomic E-state index is 12.9. The molecule has 0 amide bonds. The third-order valence-corrected chi connectivity index (χ3v) is 6.27. The molecule has 0 spiro atoms. The van der Waals surface area contributed by atoms with Crippen molar-refractivity contribution in [2.75, 3.05) is 23.0 Å². The highest BCUT2D eigenvalue weighted by atomic mass is 16.1. The normalized spacial score (nSPS) is 17.9. The standard InChI is InChI=1S/C24H28N8O/c1-15-12-27-23(14-26-15)30-18-5-4-17(10-18)29-22-9-7-19(13-28-22)32-20-8-6-16(25-2)11-21(20)31(3)24(32)33/h6-9,11-14,17-18,25H,4-5,10H2,1-3H3,(H,27,30)(H,28,29)/t17-,18-/m0/s1. The van der Waals surface area contributed by atoms with E-state index in [4.69, 9.17) is 0 Å². The van der Waals surface area contributed by atoms with Gasteiger partial charge < -0.3 is 16.0 Å². The molecule has 1 fully saturated rings. The molecule has 9 nitrogen and oxygen atoms in total. The van der Waals surface area contributed by atoms with Gasteiger partial charge in [-0.05, 0) is 56.5 Å². The molecule has 9 heteroatoms. The van der Waals surface area contributed by atoms with Crippen molar-refractivity contribution >= 4 is 28.4 Å². The number of imidazole rings is 1. The van der Waals surface area contributed by atoms with Crippen LogP contribution < -0.4 is 21.6 Å². The number of pyridine rings is 1. The van der Waals surface area contributed by atoms with Crippen molar-refractivity contribution in [1.82, 2.24) is 24.1 Å². The molecule has 33 heavy (non-hydrogen) atoms. The lowest BCUT2D eigenvalue weighted by atomic mass is 10.2. The molecular formula is C24H28N8O. The number of anilines is 3. The third kappa shape index (κ3) is 4.13. The van der Waals surface area contributed by atoms with Gasteiger partial charge in [0.2, 0.25) is 0 Å². The van der Waals surface area contributed by atoms with Gasteiger partial charge in [0.05, 0.1) is 41.0 Å². The first-order valence-corrected chi connectivity index (χ1v) is 11.2. The predicted octanol–water partition coefficient (Wildman–Crippen LogP) is 3.31. The van der Waals surface area contributed by atoms with E-state index in [1.807, 2.05) is 44.3 Å². The van der Waals surface area contributed by atoms with Crippen molar-refractivity contribution in [1.29, 1.82) is 0 Å². The minimum Gasteiger partial charge on any atom is -0.388 e. The minimum absolute atomic E-state index is 0.0929. The van der Waals surface area contributed by atoms with Crippen molar-refractivity contribution in [3.8, 4) is 5.69 Å². The molecule has 0 saturated heterocycles. The Hall–Kier alpha value is -3.88. The monoisotopic (exact) mass is 444 g/mol. The first-order chi connectivity index (χ1) is 16.0. The average molecular weight is 445 g/mol. The van der Waals surface area contributed by atoms with Crippen LogP contribution in [0.15, 0.2) is 53.7 Å². The van der Waals surface area contributed by atoms with Crippen molar-refractivity contribution in [2.24, 2.45) is 7.05 Å². The topological polar surface area (TPSA) is 102 Å². The fourth-order valence-electron chi connectivity index (χ4n) is 4.48. The summed E-state index contributed by atoms with van der Waals surface area (Å²) in [6.45, 7) is 1.93. The van der Waals surface area contributed by atoms with Gasteiger partial charge in [-0.1, -0.05) is 0 Å². The SMILES string of the molecule is CNc1ccc2c(c1)n(C)c(=O)n2-c1ccc(N[C@H]2CC[C@H](Nc3cnc(C)cn3)C2)nc1. The quantitative estimate of drug-likeness (QED) is 0.419. The first kappa shape index (κ1) is 21.0. The van der Waals surface area contributed by atoms with E-state index in [-0.39, 0.29) is 5.69 Å². The van der Waals surface area contributed by atoms with Crippen molar-refractivity contribution < 1.29 is 0 Å². The molecule has 0 radical (unpaired) electrons. The number of aromatic nitrogens is 5. The lowest BCUT2D eigenvalue weighted by molar-refractivity contribution is 0.719. The molecule has 3 N–H and O–H groups in total. The number of hydrogen-bond acceptors (Lipinski definition) is 7. The van der Waals surface area contributed by atoms with Crippen LogP contribution in [0.25, 0.3) is 16.7 Å². The summed E-state index contributed by atoms with van der Waals surface area (Å²) >= 11 is 0. The average Bonchev–Trinajstić information content (AvgIpc) is 3.37. The van der Waals surface area contributed by atoms with Crippen molar-refractivity contribution in [3.63, 3.8) is 0 Å². The highest BCUT2D eigenvalue weighted by Crippen LogP contribution is 2.26. The molecule has 1 saturated carbocycles. The molecule has 1 aliphatic rings. The largest absolute Gasteiger partial charge is 0.388 e. The Morgan fingerprint density at radius 2 is 1.67 bits per heavy atom. The van der Waals surface area contributed by atoms with Gasteiger partial charge in [0.25, 0.3) is 0 Å². The Morgan fingerprint density at radius 1 is 0.909 bits per heavy atom. The van der Waals surface area contributed by atoms with E-state index in [0.717, 1.165) is 59.0 Å². The number of rotatable bonds is 6. The zero-order valence-electron chi connectivity index (χ0n) is 19.0. The van der Waals surface area contributed by atoms with Crippen LogP contribution in [0.4, 0.5) is 17.3 Å². The van der Waals surface area contributed by atoms with E-state index in [1.54, 1.807) is 34.8 Å². The summed E-state index contributed by atoms with van der Waals surface area (Å²) < 4.78 is 3.36. The Kier molecular flexibility index (Phi) is 5.45. The zero-order chi connectivity index (χ0) is 22.9. The molecule has 0 unspecified atom stereocenters. The molecule has 1 aliphatic carbocycles. The first-order valence-electron chi connectivity index (χ1n) is 11.2. The van der Waals surface area contributed by atoms with Gasteiger partial charge in [-0.2, -0.15) is 0 Å². The van der Waals surface area contributed by atoms with E-state index in [1.165, 1.54) is 0 Å². The fourth-order valence-corrected chi connectivity index (χ4v) is 4.48. The fraction of sp³-hybridized carbons (Fsp3) is 0.333. The summed E-state index contributed by atoms with van der Waals surface area (Å²) in [6.07, 6.45) is 8.41. The van der Waals surface area contributed by atoms with Crippen molar-refractivity contribution in [2.45, 2.75) is 38.3 Å². The molecule has 4 aromatic rings. The summed E-state index contributed by atoms with van der Waals surface area (Å²) in [7, 11) is 3.65. The summed E-state index contributed by atoms with van der Waals surface area (Å²) in [5.41, 5.74) is 4.26. The molecule has 170 valence electrons. The van der Waals surface area contributed by atoms with E-state index < -0.39 is 0 Å². The van der Waals surface area contributed by atoms with Gasteiger partial charge in [-0.15, -0.1) is 0 Å². The molecule has 2 atom stereocenters. The Bertz CT molecular complexity index is 1320. The number of fused-ring (bicyclic) bond motifs is 1. The molecule has 0 bridgehead atoms. The Labute approximate surface area is 191 Å². The number of nitrogens with zero attached hydrogens (tertiary/aromatic N) is 5. The number of aryl methyl sites for hydroxylation is 2. The second kappa shape index (κ2) is 8.57. The summed E-state index contributed by atoms with van der Waals surface area (Å²) in [4.78, 5) is 26.2. The summed E-state index contributed by atoms with van der Waals surface area (Å²) in [5, 5.41) is 10.1. The van der Waals surface area contributed by atoms with Gasteiger partial charge in [0, 0.05) is 31.9 Å². The highest BCUT2D eigenvalue weighted by Gasteiger charge is 2.25. The van der Waals surface area contributed by atoms with E-state index in [0.29, 0.717) is 12.1 Å². The maximum absolute atomic E-state index is 12.9. The number of nitrogens with one attached hydrogen (secondary N) is 3. The number of hydrogen-bond donors (Lipinski definition) is 3. The van der Waals surface area contributed by atoms with Crippen LogP contribution in [0.3, 0.4) is 0 Å². The Balaban J connectivity index is 1.28. The smallest absolute Gasteiger partial charge is 0.333 e. The predicted molar refractivity (Wildman–Crippen MR) is 131 cm³/mol. The lowest BCUT2D eigenvalue weighted by Crippen LogP contribution is -2.22. The number of benzene rings is 1. The van der Waals surface area contributed by atoms with Gasteiger partial charge in [-0.25, -0.2) is 14.8 Å². The molecule has 3 aromatic heterocycles. The molecule has 0 aliphatic heterocycles. The van der Waals surface area contributed by atoms with Crippen LogP contribution in [0.2, 0.25) is 0 Å². The van der Waals surface area contributed by atoms with E-state index in [2.05, 4.69) is 30.9 Å². The van der Waals surface area contributed by atoms with Gasteiger partial charge in [0.15, 0.2) is 0 Å². The van der Waals surface area contributed by atoms with Crippen LogP contribution >= 0.6 is 0 Å². The van der Waals surface area contributed by atoms with Crippen LogP contribution in [0.1, 0.15) is 25.0 Å². The van der Waals surface area contributed by atoms with E-state index >= 15 is 0 Å². The Morgan fingerprint density at radius 3 is 2.33 bits per heavy atom. The van der Waals surface area contributed by atoms with Crippen molar-refractivity contribution in [3.05, 3.63) is 65.1 Å². The summed E-state index contributed by atoms with van der Waals surface area (Å²) in [6, 6.07) is 10.5. The van der Waals surface area contributed by atoms with E-state index in [9.17, 15) is 4.79 Å². The second-order valence-corrected chi connectivity index (χ2v) is 8.57. The lowest BCUT2D eigenvalue weighted by Gasteiger charge is -2.15. The zero-order valence-corrected chi connectivity index (χ0v) is 19.0. The summed E-state index contributed by atoms with van der Waals surface area (Å²) in [5.74, 6) is 1.63. The molecule has 5 rings (SSSR count). The minimum atomic E-state index is -0.0929. The maximum Gasteiger partial charge on any atom is 0.333 e. The van der Waals surface area contributed by atoms with Gasteiger partial charge >= 0.3 is 5.69 Å².